The molecule has 1 aromatic heterocycles. The lowest BCUT2D eigenvalue weighted by molar-refractivity contribution is 0.370. The van der Waals surface area contributed by atoms with Crippen molar-refractivity contribution < 1.29 is 0 Å². The molecule has 4 heteroatoms. The number of rotatable bonds is 5. The maximum Gasteiger partial charge on any atom is 0.181 e. The molecule has 0 saturated heterocycles. The van der Waals surface area contributed by atoms with Gasteiger partial charge in [-0.1, -0.05) is 31.3 Å². The highest BCUT2D eigenvalue weighted by molar-refractivity contribution is 7.22. The second kappa shape index (κ2) is 5.67. The molecule has 98 valence electrons. The molecular formula is C14H21N3S. The number of benzene rings is 1. The van der Waals surface area contributed by atoms with Crippen LogP contribution in [-0.4, -0.2) is 18.6 Å². The molecule has 0 aliphatic rings. The van der Waals surface area contributed by atoms with Gasteiger partial charge in [-0.25, -0.2) is 4.98 Å². The topological polar surface area (TPSA) is 50.9 Å². The highest BCUT2D eigenvalue weighted by Crippen LogP contribution is 2.26. The minimum absolute atomic E-state index is 0.651. The fourth-order valence-electron chi connectivity index (χ4n) is 2.22. The first-order valence-electron chi connectivity index (χ1n) is 6.39. The van der Waals surface area contributed by atoms with Gasteiger partial charge in [0.15, 0.2) is 5.13 Å². The average Bonchev–Trinajstić information content (AvgIpc) is 2.67. The maximum atomic E-state index is 5.74. The van der Waals surface area contributed by atoms with E-state index < -0.39 is 0 Å². The molecule has 1 unspecified atom stereocenters. The lowest BCUT2D eigenvalue weighted by Crippen LogP contribution is -2.25. The fourth-order valence-corrected chi connectivity index (χ4v) is 3.02. The number of nitrogens with zero attached hydrogens (tertiary/aromatic N) is 1. The summed E-state index contributed by atoms with van der Waals surface area (Å²) in [6, 6.07) is 6.48. The van der Waals surface area contributed by atoms with Crippen molar-refractivity contribution in [3.63, 3.8) is 0 Å². The van der Waals surface area contributed by atoms with E-state index in [9.17, 15) is 0 Å². The molecule has 1 atom stereocenters. The summed E-state index contributed by atoms with van der Waals surface area (Å²) in [4.78, 5) is 4.29. The van der Waals surface area contributed by atoms with Crippen molar-refractivity contribution in [1.82, 2.24) is 10.3 Å². The largest absolute Gasteiger partial charge is 0.375 e. The van der Waals surface area contributed by atoms with E-state index in [0.29, 0.717) is 17.0 Å². The van der Waals surface area contributed by atoms with Gasteiger partial charge in [-0.3, -0.25) is 0 Å². The third-order valence-corrected chi connectivity index (χ3v) is 4.22. The molecule has 0 radical (unpaired) electrons. The Hall–Kier alpha value is -1.13. The predicted octanol–water partition coefficient (Wildman–Crippen LogP) is 2.91. The smallest absolute Gasteiger partial charge is 0.181 e. The Morgan fingerprint density at radius 3 is 2.83 bits per heavy atom. The van der Waals surface area contributed by atoms with Gasteiger partial charge in [0.25, 0.3) is 0 Å². The molecule has 3 N–H and O–H groups in total. The van der Waals surface area contributed by atoms with E-state index in [4.69, 9.17) is 5.73 Å². The average molecular weight is 263 g/mol. The van der Waals surface area contributed by atoms with Crippen LogP contribution in [-0.2, 0) is 6.42 Å². The molecule has 0 saturated carbocycles. The molecule has 3 nitrogen and oxygen atoms in total. The number of thiazole rings is 1. The molecule has 0 fully saturated rings. The number of aromatic nitrogens is 1. The van der Waals surface area contributed by atoms with Gasteiger partial charge in [0.1, 0.15) is 0 Å². The van der Waals surface area contributed by atoms with Crippen LogP contribution in [0.4, 0.5) is 5.13 Å². The molecule has 2 aromatic rings. The Bertz CT molecular complexity index is 519. The van der Waals surface area contributed by atoms with Crippen molar-refractivity contribution in [3.05, 3.63) is 23.8 Å². The number of nitrogens with two attached hydrogens (primary N) is 1. The van der Waals surface area contributed by atoms with Crippen LogP contribution in [0.15, 0.2) is 18.2 Å². The monoisotopic (exact) mass is 263 g/mol. The number of hydrogen-bond donors (Lipinski definition) is 2. The zero-order valence-electron chi connectivity index (χ0n) is 11.2. The molecule has 2 rings (SSSR count). The summed E-state index contributed by atoms with van der Waals surface area (Å²) in [5.41, 5.74) is 8.12. The minimum Gasteiger partial charge on any atom is -0.375 e. The van der Waals surface area contributed by atoms with Crippen molar-refractivity contribution in [2.24, 2.45) is 11.8 Å². The zero-order valence-corrected chi connectivity index (χ0v) is 12.1. The highest BCUT2D eigenvalue weighted by Gasteiger charge is 2.13. The van der Waals surface area contributed by atoms with E-state index in [1.54, 1.807) is 11.3 Å². The SMILES string of the molecule is CNCC(Cc1ccc2nc(N)sc2c1)C(C)C. The molecule has 1 heterocycles. The number of nitrogen functional groups attached to an aromatic ring is 1. The Morgan fingerprint density at radius 2 is 2.17 bits per heavy atom. The maximum absolute atomic E-state index is 5.74. The summed E-state index contributed by atoms with van der Waals surface area (Å²) < 4.78 is 1.19. The van der Waals surface area contributed by atoms with Crippen molar-refractivity contribution in [2.75, 3.05) is 19.3 Å². The summed E-state index contributed by atoms with van der Waals surface area (Å²) >= 11 is 1.57. The Labute approximate surface area is 112 Å². The molecule has 18 heavy (non-hydrogen) atoms. The summed E-state index contributed by atoms with van der Waals surface area (Å²) in [6.07, 6.45) is 1.10. The van der Waals surface area contributed by atoms with E-state index in [1.807, 2.05) is 7.05 Å². The summed E-state index contributed by atoms with van der Waals surface area (Å²) in [7, 11) is 2.02. The quantitative estimate of drug-likeness (QED) is 0.872. The molecule has 0 aliphatic carbocycles. The standard InChI is InChI=1S/C14H21N3S/c1-9(2)11(8-16-3)6-10-4-5-12-13(7-10)18-14(15)17-12/h4-5,7,9,11,16H,6,8H2,1-3H3,(H2,15,17). The first-order chi connectivity index (χ1) is 8.60. The van der Waals surface area contributed by atoms with Gasteiger partial charge in [0, 0.05) is 0 Å². The summed E-state index contributed by atoms with van der Waals surface area (Å²) in [5.74, 6) is 1.34. The van der Waals surface area contributed by atoms with Gasteiger partial charge in [-0.05, 0) is 49.5 Å². The van der Waals surface area contributed by atoms with Crippen LogP contribution in [0.2, 0.25) is 0 Å². The lowest BCUT2D eigenvalue weighted by atomic mass is 9.89. The van der Waals surface area contributed by atoms with E-state index in [0.717, 1.165) is 18.5 Å². The van der Waals surface area contributed by atoms with Crippen LogP contribution in [0.1, 0.15) is 19.4 Å². The second-order valence-corrected chi connectivity index (χ2v) is 6.18. The normalized spacial score (nSPS) is 13.3. The van der Waals surface area contributed by atoms with Gasteiger partial charge in [0.05, 0.1) is 10.2 Å². The van der Waals surface area contributed by atoms with Crippen LogP contribution < -0.4 is 11.1 Å². The molecule has 1 aromatic carbocycles. The predicted molar refractivity (Wildman–Crippen MR) is 80.0 cm³/mol. The van der Waals surface area contributed by atoms with Crippen molar-refractivity contribution in [1.29, 1.82) is 0 Å². The molecule has 0 aliphatic heterocycles. The van der Waals surface area contributed by atoms with Gasteiger partial charge < -0.3 is 11.1 Å². The van der Waals surface area contributed by atoms with E-state index >= 15 is 0 Å². The van der Waals surface area contributed by atoms with E-state index in [2.05, 4.69) is 42.3 Å². The molecule has 0 bridgehead atoms. The molecular weight excluding hydrogens is 242 g/mol. The molecule has 0 spiro atoms. The van der Waals surface area contributed by atoms with Gasteiger partial charge >= 0.3 is 0 Å². The highest BCUT2D eigenvalue weighted by atomic mass is 32.1. The summed E-state index contributed by atoms with van der Waals surface area (Å²) in [5, 5.41) is 3.93. The van der Waals surface area contributed by atoms with E-state index in [-0.39, 0.29) is 0 Å². The van der Waals surface area contributed by atoms with Crippen LogP contribution in [0.5, 0.6) is 0 Å². The minimum atomic E-state index is 0.651. The first-order valence-corrected chi connectivity index (χ1v) is 7.21. The first kappa shape index (κ1) is 13.3. The third-order valence-electron chi connectivity index (χ3n) is 3.38. The van der Waals surface area contributed by atoms with Gasteiger partial charge in [0.2, 0.25) is 0 Å². The number of fused-ring (bicyclic) bond motifs is 1. The Kier molecular flexibility index (Phi) is 4.19. The summed E-state index contributed by atoms with van der Waals surface area (Å²) in [6.45, 7) is 5.62. The van der Waals surface area contributed by atoms with Crippen LogP contribution in [0.25, 0.3) is 10.2 Å². The fraction of sp³-hybridized carbons (Fsp3) is 0.500. The van der Waals surface area contributed by atoms with Crippen molar-refractivity contribution in [2.45, 2.75) is 20.3 Å². The van der Waals surface area contributed by atoms with Crippen molar-refractivity contribution >= 4 is 26.7 Å². The third kappa shape index (κ3) is 3.00. The van der Waals surface area contributed by atoms with Gasteiger partial charge in [-0.15, -0.1) is 0 Å². The lowest BCUT2D eigenvalue weighted by Gasteiger charge is -2.20. The molecule has 0 amide bonds. The van der Waals surface area contributed by atoms with Crippen LogP contribution in [0, 0.1) is 11.8 Å². The van der Waals surface area contributed by atoms with Crippen LogP contribution in [0.3, 0.4) is 0 Å². The number of nitrogens with one attached hydrogen (secondary N) is 1. The Morgan fingerprint density at radius 1 is 1.39 bits per heavy atom. The van der Waals surface area contributed by atoms with E-state index in [1.165, 1.54) is 10.3 Å². The second-order valence-electron chi connectivity index (χ2n) is 5.12. The Balaban J connectivity index is 2.19. The zero-order chi connectivity index (χ0) is 13.1. The van der Waals surface area contributed by atoms with Gasteiger partial charge in [-0.2, -0.15) is 0 Å². The van der Waals surface area contributed by atoms with Crippen LogP contribution >= 0.6 is 11.3 Å². The number of hydrogen-bond acceptors (Lipinski definition) is 4. The van der Waals surface area contributed by atoms with Crippen molar-refractivity contribution in [3.8, 4) is 0 Å². The number of anilines is 1.